The highest BCUT2D eigenvalue weighted by molar-refractivity contribution is 6.24. The summed E-state index contributed by atoms with van der Waals surface area (Å²) in [4.78, 5) is 34.2. The third-order valence-electron chi connectivity index (χ3n) is 6.43. The normalized spacial score (nSPS) is 14.8. The number of carbonyl (C=O) groups excluding carboxylic acids is 2. The maximum atomic E-state index is 12.9. The number of methoxy groups -OCH3 is 2. The number of carbonyl (C=O) groups is 2. The molecule has 0 radical (unpaired) electrons. The van der Waals surface area contributed by atoms with E-state index in [9.17, 15) is 9.59 Å². The summed E-state index contributed by atoms with van der Waals surface area (Å²) in [5.74, 6) is -0.449. The van der Waals surface area contributed by atoms with Gasteiger partial charge in [0.15, 0.2) is 0 Å². The van der Waals surface area contributed by atoms with Crippen LogP contribution in [0.5, 0.6) is 0 Å². The summed E-state index contributed by atoms with van der Waals surface area (Å²) in [7, 11) is 3.06. The number of aromatic amines is 1. The van der Waals surface area contributed by atoms with Crippen molar-refractivity contribution in [3.63, 3.8) is 0 Å². The molecule has 0 unspecified atom stereocenters. The number of ether oxygens (including phenoxy) is 2. The van der Waals surface area contributed by atoms with Gasteiger partial charge in [0.05, 0.1) is 28.2 Å². The molecular formula is C28H36N4O4. The Balaban J connectivity index is 2.35. The van der Waals surface area contributed by atoms with Crippen LogP contribution >= 0.6 is 0 Å². The van der Waals surface area contributed by atoms with Gasteiger partial charge in [0.25, 0.3) is 11.8 Å². The number of rotatable bonds is 8. The molecule has 0 saturated carbocycles. The molecule has 0 aliphatic carbocycles. The highest BCUT2D eigenvalue weighted by atomic mass is 16.5. The average Bonchev–Trinajstić information content (AvgIpc) is 3.26. The van der Waals surface area contributed by atoms with Crippen molar-refractivity contribution in [2.75, 3.05) is 27.7 Å². The van der Waals surface area contributed by atoms with Gasteiger partial charge in [-0.2, -0.15) is 0 Å². The van der Waals surface area contributed by atoms with Crippen LogP contribution in [0.15, 0.2) is 34.0 Å². The molecule has 1 aliphatic heterocycles. The molecule has 2 amide bonds. The third kappa shape index (κ3) is 5.05. The van der Waals surface area contributed by atoms with Crippen molar-refractivity contribution in [1.82, 2.24) is 15.6 Å². The zero-order chi connectivity index (χ0) is 26.7. The van der Waals surface area contributed by atoms with Gasteiger partial charge in [-0.3, -0.25) is 14.6 Å². The molecule has 0 atom stereocenters. The first-order valence-corrected chi connectivity index (χ1v) is 11.9. The highest BCUT2D eigenvalue weighted by Gasteiger charge is 2.30. The molecule has 1 aliphatic rings. The Hall–Kier alpha value is -3.49. The van der Waals surface area contributed by atoms with Crippen LogP contribution in [0.25, 0.3) is 5.57 Å². The van der Waals surface area contributed by atoms with Crippen molar-refractivity contribution >= 4 is 23.1 Å². The topological polar surface area (TPSA) is 105 Å². The lowest BCUT2D eigenvalue weighted by molar-refractivity contribution is -0.118. The van der Waals surface area contributed by atoms with Crippen LogP contribution < -0.4 is 10.6 Å². The summed E-state index contributed by atoms with van der Waals surface area (Å²) in [5, 5.41) is 5.55. The van der Waals surface area contributed by atoms with E-state index in [-0.39, 0.29) is 25.3 Å². The fourth-order valence-corrected chi connectivity index (χ4v) is 5.00. The lowest BCUT2D eigenvalue weighted by Crippen LogP contribution is -2.29. The predicted molar refractivity (Wildman–Crippen MR) is 142 cm³/mol. The van der Waals surface area contributed by atoms with E-state index in [4.69, 9.17) is 14.5 Å². The second kappa shape index (κ2) is 11.1. The van der Waals surface area contributed by atoms with Crippen LogP contribution in [0, 0.1) is 34.6 Å². The van der Waals surface area contributed by atoms with E-state index < -0.39 is 0 Å². The standard InChI is InChI=1S/C28H36N4O4/c1-14-10-15(2)21(16(3)11-14)24(25-17(4)22(19(6)31-25)27(33)29-12-35-8)26-18(5)23(20(7)32-26)28(34)30-13-36-9/h10-11,31H,12-13H2,1-9H3,(H,29,33)(H,30,34)/b26-24-. The van der Waals surface area contributed by atoms with Crippen LogP contribution in [-0.4, -0.2) is 50.2 Å². The minimum Gasteiger partial charge on any atom is -0.364 e. The maximum absolute atomic E-state index is 12.9. The Labute approximate surface area is 212 Å². The van der Waals surface area contributed by atoms with E-state index >= 15 is 0 Å². The van der Waals surface area contributed by atoms with Crippen molar-refractivity contribution in [3.05, 3.63) is 73.7 Å². The molecule has 192 valence electrons. The second-order valence-electron chi connectivity index (χ2n) is 9.20. The van der Waals surface area contributed by atoms with Crippen LogP contribution in [-0.2, 0) is 14.3 Å². The van der Waals surface area contributed by atoms with Crippen molar-refractivity contribution < 1.29 is 19.1 Å². The summed E-state index contributed by atoms with van der Waals surface area (Å²) in [5.41, 5.74) is 10.8. The van der Waals surface area contributed by atoms with Gasteiger partial charge >= 0.3 is 0 Å². The van der Waals surface area contributed by atoms with Gasteiger partial charge in [-0.25, -0.2) is 0 Å². The quantitative estimate of drug-likeness (QED) is 0.481. The van der Waals surface area contributed by atoms with Gasteiger partial charge < -0.3 is 25.1 Å². The Kier molecular flexibility index (Phi) is 8.32. The molecule has 8 nitrogen and oxygen atoms in total. The van der Waals surface area contributed by atoms with Crippen molar-refractivity contribution in [3.8, 4) is 0 Å². The van der Waals surface area contributed by atoms with E-state index in [0.717, 1.165) is 50.4 Å². The van der Waals surface area contributed by atoms with E-state index in [1.54, 1.807) is 0 Å². The fraction of sp³-hybridized carbons (Fsp3) is 0.393. The smallest absolute Gasteiger partial charge is 0.255 e. The zero-order valence-corrected chi connectivity index (χ0v) is 22.6. The summed E-state index contributed by atoms with van der Waals surface area (Å²) < 4.78 is 10.0. The minimum absolute atomic E-state index is 0.111. The Morgan fingerprint density at radius 1 is 0.861 bits per heavy atom. The first-order valence-electron chi connectivity index (χ1n) is 11.9. The van der Waals surface area contributed by atoms with E-state index in [1.165, 1.54) is 14.2 Å². The molecule has 2 heterocycles. The number of hydrogen-bond acceptors (Lipinski definition) is 5. The number of aliphatic imine (C=N–C) groups is 1. The predicted octanol–water partition coefficient (Wildman–Crippen LogP) is 4.16. The second-order valence-corrected chi connectivity index (χ2v) is 9.20. The SMILES string of the molecule is COCNC(=O)C1=C(C)/C(=C(/c2[nH]c(C)c(C(=O)NCOC)c2C)c2c(C)cc(C)cc2C)N=C1C. The van der Waals surface area contributed by atoms with Gasteiger partial charge in [-0.15, -0.1) is 0 Å². The number of hydrogen-bond donors (Lipinski definition) is 3. The van der Waals surface area contributed by atoms with Crippen molar-refractivity contribution in [2.45, 2.75) is 48.5 Å². The highest BCUT2D eigenvalue weighted by Crippen LogP contribution is 2.40. The van der Waals surface area contributed by atoms with Crippen molar-refractivity contribution in [2.24, 2.45) is 4.99 Å². The molecule has 0 saturated heterocycles. The number of allylic oxidation sites excluding steroid dienone is 1. The average molecular weight is 493 g/mol. The third-order valence-corrected chi connectivity index (χ3v) is 6.43. The number of aromatic nitrogens is 1. The number of nitrogens with one attached hydrogen (secondary N) is 3. The molecule has 0 bridgehead atoms. The first kappa shape index (κ1) is 27.1. The van der Waals surface area contributed by atoms with E-state index in [1.807, 2.05) is 27.7 Å². The zero-order valence-electron chi connectivity index (χ0n) is 22.6. The first-order chi connectivity index (χ1) is 17.0. The van der Waals surface area contributed by atoms with Crippen LogP contribution in [0.4, 0.5) is 0 Å². The summed E-state index contributed by atoms with van der Waals surface area (Å²) in [6, 6.07) is 4.27. The molecule has 2 aromatic rings. The van der Waals surface area contributed by atoms with Gasteiger partial charge in [-0.1, -0.05) is 17.7 Å². The molecule has 8 heteroatoms. The monoisotopic (exact) mass is 492 g/mol. The summed E-state index contributed by atoms with van der Waals surface area (Å²) in [6.07, 6.45) is 0. The molecule has 3 N–H and O–H groups in total. The number of H-pyrrole nitrogens is 1. The Bertz CT molecular complexity index is 1290. The molecule has 0 fully saturated rings. The van der Waals surface area contributed by atoms with Gasteiger partial charge in [0, 0.05) is 25.5 Å². The molecule has 3 rings (SSSR count). The number of nitrogens with zero attached hydrogens (tertiary/aromatic N) is 1. The lowest BCUT2D eigenvalue weighted by atomic mass is 9.87. The van der Waals surface area contributed by atoms with Gasteiger partial charge in [0.1, 0.15) is 13.5 Å². The van der Waals surface area contributed by atoms with Crippen LogP contribution in [0.1, 0.15) is 63.4 Å². The van der Waals surface area contributed by atoms with E-state index in [2.05, 4.69) is 48.5 Å². The number of benzene rings is 1. The van der Waals surface area contributed by atoms with E-state index in [0.29, 0.717) is 22.5 Å². The maximum Gasteiger partial charge on any atom is 0.255 e. The lowest BCUT2D eigenvalue weighted by Gasteiger charge is -2.18. The molecular weight excluding hydrogens is 456 g/mol. The number of aryl methyl sites for hydroxylation is 4. The van der Waals surface area contributed by atoms with Gasteiger partial charge in [0.2, 0.25) is 0 Å². The largest absolute Gasteiger partial charge is 0.364 e. The molecule has 1 aromatic heterocycles. The minimum atomic E-state index is -0.235. The summed E-state index contributed by atoms with van der Waals surface area (Å²) in [6.45, 7) is 14.0. The van der Waals surface area contributed by atoms with Crippen LogP contribution in [0.2, 0.25) is 0 Å². The fourth-order valence-electron chi connectivity index (χ4n) is 5.00. The molecule has 0 spiro atoms. The van der Waals surface area contributed by atoms with Gasteiger partial charge in [-0.05, 0) is 76.3 Å². The van der Waals surface area contributed by atoms with Crippen LogP contribution in [0.3, 0.4) is 0 Å². The molecule has 1 aromatic carbocycles. The van der Waals surface area contributed by atoms with Crippen molar-refractivity contribution in [1.29, 1.82) is 0 Å². The Morgan fingerprint density at radius 2 is 1.42 bits per heavy atom. The summed E-state index contributed by atoms with van der Waals surface area (Å²) >= 11 is 0. The molecule has 36 heavy (non-hydrogen) atoms. The Morgan fingerprint density at radius 3 is 1.97 bits per heavy atom. The number of amides is 2.